The van der Waals surface area contributed by atoms with E-state index in [1.807, 2.05) is 46.0 Å². The van der Waals surface area contributed by atoms with Crippen molar-refractivity contribution >= 4 is 11.5 Å². The molecule has 0 spiro atoms. The van der Waals surface area contributed by atoms with Gasteiger partial charge in [-0.3, -0.25) is 4.98 Å². The third-order valence-corrected chi connectivity index (χ3v) is 6.15. The topological polar surface area (TPSA) is 73.6 Å². The molecule has 2 heterocycles. The average Bonchev–Trinajstić information content (AvgIpc) is 3.66. The van der Waals surface area contributed by atoms with Gasteiger partial charge in [-0.2, -0.15) is 5.26 Å². The third kappa shape index (κ3) is 5.31. The molecule has 0 amide bonds. The number of hydrogen-bond donors (Lipinski definition) is 2. The van der Waals surface area contributed by atoms with Crippen LogP contribution in [0.3, 0.4) is 0 Å². The summed E-state index contributed by atoms with van der Waals surface area (Å²) in [7, 11) is 1.85. The quantitative estimate of drug-likeness (QED) is 0.414. The van der Waals surface area contributed by atoms with Crippen molar-refractivity contribution in [2.24, 2.45) is 5.41 Å². The van der Waals surface area contributed by atoms with Crippen molar-refractivity contribution in [2.75, 3.05) is 24.2 Å². The van der Waals surface area contributed by atoms with Crippen LogP contribution in [-0.2, 0) is 0 Å². The normalized spacial score (nSPS) is 13.5. The lowest BCUT2D eigenvalue weighted by Crippen LogP contribution is -2.15. The fraction of sp³-hybridized carbons (Fsp3) is 0.370. The maximum atomic E-state index is 14.7. The highest BCUT2D eigenvalue weighted by atomic mass is 19.1. The van der Waals surface area contributed by atoms with Gasteiger partial charge in [0.25, 0.3) is 0 Å². The number of benzene rings is 1. The standard InChI is InChI=1S/C27H30FN5/c1-17-11-22(28)25(31-10-8-27(2,3)16-29)15-21(17)20-12-23(18-5-6-18)33-24(13-20)19-7-9-32-26(14-19)30-4/h7,9,11-15,18,31H,5-6,8,10H2,1-4H3,(H,30,32). The molecule has 0 atom stereocenters. The average molecular weight is 444 g/mol. The summed E-state index contributed by atoms with van der Waals surface area (Å²) in [5, 5.41) is 15.5. The molecule has 3 aromatic rings. The number of hydrogen-bond acceptors (Lipinski definition) is 5. The van der Waals surface area contributed by atoms with Gasteiger partial charge < -0.3 is 10.6 Å². The fourth-order valence-corrected chi connectivity index (χ4v) is 3.85. The first-order valence-corrected chi connectivity index (χ1v) is 11.4. The van der Waals surface area contributed by atoms with Crippen LogP contribution in [0.4, 0.5) is 15.9 Å². The summed E-state index contributed by atoms with van der Waals surface area (Å²) >= 11 is 0. The number of rotatable bonds is 8. The number of halogens is 1. The van der Waals surface area contributed by atoms with E-state index >= 15 is 0 Å². The minimum Gasteiger partial charge on any atom is -0.383 e. The van der Waals surface area contributed by atoms with Gasteiger partial charge in [-0.05, 0) is 93.1 Å². The summed E-state index contributed by atoms with van der Waals surface area (Å²) < 4.78 is 14.7. The van der Waals surface area contributed by atoms with E-state index in [4.69, 9.17) is 4.98 Å². The molecule has 1 saturated carbocycles. The maximum absolute atomic E-state index is 14.7. The van der Waals surface area contributed by atoms with Crippen LogP contribution in [0.2, 0.25) is 0 Å². The molecule has 2 aromatic heterocycles. The number of anilines is 2. The summed E-state index contributed by atoms with van der Waals surface area (Å²) in [5.41, 5.74) is 5.86. The molecule has 5 nitrogen and oxygen atoms in total. The number of nitriles is 1. The van der Waals surface area contributed by atoms with Crippen LogP contribution in [0.1, 0.15) is 50.3 Å². The zero-order valence-electron chi connectivity index (χ0n) is 19.7. The lowest BCUT2D eigenvalue weighted by molar-refractivity contribution is 0.466. The van der Waals surface area contributed by atoms with Gasteiger partial charge in [0.2, 0.25) is 0 Å². The van der Waals surface area contributed by atoms with Gasteiger partial charge >= 0.3 is 0 Å². The lowest BCUT2D eigenvalue weighted by Gasteiger charge is -2.18. The van der Waals surface area contributed by atoms with E-state index in [0.29, 0.717) is 24.6 Å². The molecule has 0 aliphatic heterocycles. The second-order valence-electron chi connectivity index (χ2n) is 9.44. The van der Waals surface area contributed by atoms with Crippen molar-refractivity contribution in [1.29, 1.82) is 5.26 Å². The van der Waals surface area contributed by atoms with Crippen molar-refractivity contribution in [2.45, 2.75) is 46.0 Å². The van der Waals surface area contributed by atoms with Crippen LogP contribution in [-0.4, -0.2) is 23.6 Å². The molecule has 6 heteroatoms. The Balaban J connectivity index is 1.72. The van der Waals surface area contributed by atoms with Gasteiger partial charge in [0.05, 0.1) is 22.9 Å². The van der Waals surface area contributed by atoms with Crippen molar-refractivity contribution < 1.29 is 4.39 Å². The number of nitrogens with zero attached hydrogens (tertiary/aromatic N) is 3. The number of pyridine rings is 2. The van der Waals surface area contributed by atoms with Crippen LogP contribution < -0.4 is 10.6 Å². The molecule has 0 bridgehead atoms. The Hall–Kier alpha value is -3.46. The lowest BCUT2D eigenvalue weighted by atomic mass is 9.91. The van der Waals surface area contributed by atoms with Gasteiger partial charge in [0, 0.05) is 37.0 Å². The molecular formula is C27H30FN5. The molecule has 0 saturated heterocycles. The Morgan fingerprint density at radius 2 is 1.94 bits per heavy atom. The SMILES string of the molecule is CNc1cc(-c2cc(-c3cc(NCCC(C)(C)C#N)c(F)cc3C)cc(C3CC3)n2)ccn1. The second kappa shape index (κ2) is 9.19. The van der Waals surface area contributed by atoms with Gasteiger partial charge in [0.15, 0.2) is 0 Å². The number of nitrogens with one attached hydrogen (secondary N) is 2. The predicted molar refractivity (Wildman–Crippen MR) is 132 cm³/mol. The Kier molecular flexibility index (Phi) is 6.33. The molecule has 170 valence electrons. The summed E-state index contributed by atoms with van der Waals surface area (Å²) in [6, 6.07) is 13.9. The summed E-state index contributed by atoms with van der Waals surface area (Å²) in [6.07, 6.45) is 4.71. The zero-order chi connectivity index (χ0) is 23.6. The van der Waals surface area contributed by atoms with Crippen LogP contribution in [0, 0.1) is 29.5 Å². The van der Waals surface area contributed by atoms with Gasteiger partial charge in [-0.15, -0.1) is 0 Å². The highest BCUT2D eigenvalue weighted by Crippen LogP contribution is 2.42. The van der Waals surface area contributed by atoms with Gasteiger partial charge in [0.1, 0.15) is 11.6 Å². The summed E-state index contributed by atoms with van der Waals surface area (Å²) in [6.45, 7) is 6.24. The first-order chi connectivity index (χ1) is 15.8. The minimum atomic E-state index is -0.451. The number of aryl methyl sites for hydroxylation is 1. The highest BCUT2D eigenvalue weighted by molar-refractivity contribution is 5.76. The highest BCUT2D eigenvalue weighted by Gasteiger charge is 2.26. The predicted octanol–water partition coefficient (Wildman–Crippen LogP) is 6.53. The molecule has 0 radical (unpaired) electrons. The van der Waals surface area contributed by atoms with Crippen molar-refractivity contribution in [1.82, 2.24) is 9.97 Å². The van der Waals surface area contributed by atoms with Crippen LogP contribution in [0.25, 0.3) is 22.4 Å². The Morgan fingerprint density at radius 1 is 1.15 bits per heavy atom. The molecule has 1 aromatic carbocycles. The van der Waals surface area contributed by atoms with E-state index in [1.54, 1.807) is 12.3 Å². The number of aromatic nitrogens is 2. The van der Waals surface area contributed by atoms with E-state index < -0.39 is 5.41 Å². The monoisotopic (exact) mass is 443 g/mol. The van der Waals surface area contributed by atoms with Crippen LogP contribution in [0.15, 0.2) is 42.6 Å². The Morgan fingerprint density at radius 3 is 2.64 bits per heavy atom. The van der Waals surface area contributed by atoms with Crippen molar-refractivity contribution in [3.63, 3.8) is 0 Å². The van der Waals surface area contributed by atoms with Crippen LogP contribution >= 0.6 is 0 Å². The minimum absolute atomic E-state index is 0.282. The first-order valence-electron chi connectivity index (χ1n) is 11.4. The Bertz CT molecular complexity index is 1210. The maximum Gasteiger partial charge on any atom is 0.146 e. The molecular weight excluding hydrogens is 413 g/mol. The van der Waals surface area contributed by atoms with E-state index in [0.717, 1.165) is 52.3 Å². The molecule has 1 fully saturated rings. The van der Waals surface area contributed by atoms with Crippen molar-refractivity contribution in [3.05, 3.63) is 59.7 Å². The van der Waals surface area contributed by atoms with Gasteiger partial charge in [-0.25, -0.2) is 9.37 Å². The van der Waals surface area contributed by atoms with E-state index in [-0.39, 0.29) is 5.82 Å². The summed E-state index contributed by atoms with van der Waals surface area (Å²) in [4.78, 5) is 9.26. The second-order valence-corrected chi connectivity index (χ2v) is 9.44. The van der Waals surface area contributed by atoms with E-state index in [2.05, 4.69) is 33.8 Å². The van der Waals surface area contributed by atoms with Crippen molar-refractivity contribution in [3.8, 4) is 28.5 Å². The molecule has 2 N–H and O–H groups in total. The molecule has 4 rings (SSSR count). The largest absolute Gasteiger partial charge is 0.383 e. The zero-order valence-corrected chi connectivity index (χ0v) is 19.7. The fourth-order valence-electron chi connectivity index (χ4n) is 3.85. The smallest absolute Gasteiger partial charge is 0.146 e. The van der Waals surface area contributed by atoms with E-state index in [9.17, 15) is 9.65 Å². The Labute approximate surface area is 195 Å². The molecule has 33 heavy (non-hydrogen) atoms. The first kappa shape index (κ1) is 22.7. The molecule has 1 aliphatic carbocycles. The van der Waals surface area contributed by atoms with E-state index in [1.165, 1.54) is 0 Å². The molecule has 1 aliphatic rings. The van der Waals surface area contributed by atoms with Crippen LogP contribution in [0.5, 0.6) is 0 Å². The third-order valence-electron chi connectivity index (χ3n) is 6.15. The molecule has 0 unspecified atom stereocenters. The summed E-state index contributed by atoms with van der Waals surface area (Å²) in [5.74, 6) is 0.994. The van der Waals surface area contributed by atoms with Gasteiger partial charge in [-0.1, -0.05) is 0 Å².